The van der Waals surface area contributed by atoms with Gasteiger partial charge >= 0.3 is 0 Å². The zero-order valence-corrected chi connectivity index (χ0v) is 13.2. The van der Waals surface area contributed by atoms with Crippen LogP contribution in [-0.2, 0) is 25.7 Å². The highest BCUT2D eigenvalue weighted by Gasteiger charge is 2.66. The van der Waals surface area contributed by atoms with Crippen LogP contribution in [-0.4, -0.2) is 17.4 Å². The first-order valence-corrected chi connectivity index (χ1v) is 7.49. The lowest BCUT2D eigenvalue weighted by Crippen LogP contribution is -2.57. The van der Waals surface area contributed by atoms with Crippen LogP contribution in [0.4, 0.5) is 0 Å². The molecule has 2 saturated heterocycles. The fraction of sp³-hybridized carbons (Fsp3) is 0.562. The van der Waals surface area contributed by atoms with Crippen LogP contribution in [0.1, 0.15) is 39.2 Å². The van der Waals surface area contributed by atoms with Crippen molar-refractivity contribution in [3.63, 3.8) is 0 Å². The summed E-state index contributed by atoms with van der Waals surface area (Å²) in [6, 6.07) is 7.51. The molecule has 5 heteroatoms. The van der Waals surface area contributed by atoms with E-state index >= 15 is 0 Å². The van der Waals surface area contributed by atoms with Gasteiger partial charge in [-0.1, -0.05) is 23.7 Å². The zero-order valence-electron chi connectivity index (χ0n) is 12.4. The normalized spacial score (nSPS) is 38.5. The first kappa shape index (κ1) is 15.0. The molecule has 0 amide bonds. The molecule has 0 aliphatic carbocycles. The molecule has 2 aliphatic heterocycles. The van der Waals surface area contributed by atoms with Crippen LogP contribution in [0.3, 0.4) is 0 Å². The molecule has 0 aromatic heterocycles. The number of carbonyl (C=O) groups excluding carboxylic acids is 1. The van der Waals surface area contributed by atoms with Gasteiger partial charge in [0.2, 0.25) is 11.6 Å². The lowest BCUT2D eigenvalue weighted by Gasteiger charge is -2.45. The Morgan fingerprint density at radius 1 is 1.19 bits per heavy atom. The summed E-state index contributed by atoms with van der Waals surface area (Å²) in [6.45, 7) is 5.22. The van der Waals surface area contributed by atoms with Crippen molar-refractivity contribution in [2.45, 2.75) is 51.6 Å². The van der Waals surface area contributed by atoms with E-state index in [-0.39, 0.29) is 5.78 Å². The van der Waals surface area contributed by atoms with Crippen molar-refractivity contribution in [3.8, 4) is 0 Å². The van der Waals surface area contributed by atoms with Crippen LogP contribution >= 0.6 is 11.6 Å². The summed E-state index contributed by atoms with van der Waals surface area (Å²) in [7, 11) is 0. The first-order chi connectivity index (χ1) is 9.79. The van der Waals surface area contributed by atoms with E-state index in [2.05, 4.69) is 0 Å². The molecule has 0 unspecified atom stereocenters. The van der Waals surface area contributed by atoms with Crippen molar-refractivity contribution in [3.05, 3.63) is 34.9 Å². The van der Waals surface area contributed by atoms with Gasteiger partial charge < -0.3 is 4.74 Å². The van der Waals surface area contributed by atoms with Crippen molar-refractivity contribution in [1.82, 2.24) is 0 Å². The van der Waals surface area contributed by atoms with Gasteiger partial charge in [-0.25, -0.2) is 0 Å². The Bertz CT molecular complexity index is 572. The Balaban J connectivity index is 1.97. The van der Waals surface area contributed by atoms with E-state index in [1.165, 1.54) is 0 Å². The molecule has 0 N–H and O–H groups in total. The second-order valence-electron chi connectivity index (χ2n) is 6.29. The SMILES string of the molecule is CC(=O)[C@@]1(Cc2ccc(Cl)cc2)CC[C@]2(C)OO[C@@]1(C)O2. The Hall–Kier alpha value is -0.940. The molecule has 0 saturated carbocycles. The lowest BCUT2D eigenvalue weighted by molar-refractivity contribution is -0.350. The summed E-state index contributed by atoms with van der Waals surface area (Å²) in [6.07, 6.45) is 1.82. The summed E-state index contributed by atoms with van der Waals surface area (Å²) in [5, 5.41) is 0.676. The third-order valence-corrected chi connectivity index (χ3v) is 5.01. The molecule has 0 radical (unpaired) electrons. The number of halogens is 1. The number of Topliss-reactive ketones (excluding diaryl/α,β-unsaturated/α-hetero) is 1. The number of benzene rings is 1. The van der Waals surface area contributed by atoms with Gasteiger partial charge in [-0.2, -0.15) is 9.78 Å². The third kappa shape index (κ3) is 2.30. The molecule has 4 nitrogen and oxygen atoms in total. The summed E-state index contributed by atoms with van der Waals surface area (Å²) >= 11 is 5.92. The number of hydrogen-bond donors (Lipinski definition) is 0. The largest absolute Gasteiger partial charge is 0.312 e. The van der Waals surface area contributed by atoms with E-state index in [9.17, 15) is 4.79 Å². The second kappa shape index (κ2) is 4.78. The number of ketones is 1. The maximum absolute atomic E-state index is 12.4. The molecule has 114 valence electrons. The Kier molecular flexibility index (Phi) is 3.41. The van der Waals surface area contributed by atoms with Crippen molar-refractivity contribution in [2.75, 3.05) is 0 Å². The minimum Gasteiger partial charge on any atom is -0.312 e. The minimum atomic E-state index is -1.06. The van der Waals surface area contributed by atoms with Crippen LogP contribution in [0.15, 0.2) is 24.3 Å². The molecule has 1 aromatic rings. The maximum Gasteiger partial charge on any atom is 0.214 e. The lowest BCUT2D eigenvalue weighted by atomic mass is 9.67. The standard InChI is InChI=1S/C16H19ClO4/c1-11(18)16(10-12-4-6-13(17)7-5-12)9-8-14(2)19-15(16,3)21-20-14/h4-7H,8-10H2,1-3H3/t14-,15+,16-/m0/s1. The Morgan fingerprint density at radius 3 is 2.48 bits per heavy atom. The summed E-state index contributed by atoms with van der Waals surface area (Å²) in [5.74, 6) is -1.77. The van der Waals surface area contributed by atoms with Gasteiger partial charge in [-0.05, 0) is 51.3 Å². The Morgan fingerprint density at radius 2 is 1.86 bits per heavy atom. The number of hydrogen-bond acceptors (Lipinski definition) is 4. The van der Waals surface area contributed by atoms with Gasteiger partial charge in [0.1, 0.15) is 5.78 Å². The number of carbonyl (C=O) groups is 1. The molecule has 3 atom stereocenters. The molecule has 2 bridgehead atoms. The van der Waals surface area contributed by atoms with Crippen LogP contribution in [0, 0.1) is 5.41 Å². The third-order valence-electron chi connectivity index (χ3n) is 4.76. The highest BCUT2D eigenvalue weighted by Crippen LogP contribution is 2.55. The van der Waals surface area contributed by atoms with Crippen LogP contribution in [0.2, 0.25) is 5.02 Å². The fourth-order valence-electron chi connectivity index (χ4n) is 3.37. The van der Waals surface area contributed by atoms with Crippen molar-refractivity contribution in [2.24, 2.45) is 5.41 Å². The fourth-order valence-corrected chi connectivity index (χ4v) is 3.50. The van der Waals surface area contributed by atoms with E-state index in [1.54, 1.807) is 13.8 Å². The Labute approximate surface area is 129 Å². The summed E-state index contributed by atoms with van der Waals surface area (Å²) in [5.41, 5.74) is 0.273. The van der Waals surface area contributed by atoms with E-state index in [4.69, 9.17) is 26.1 Å². The minimum absolute atomic E-state index is 0.0486. The molecule has 2 heterocycles. The summed E-state index contributed by atoms with van der Waals surface area (Å²) in [4.78, 5) is 23.3. The monoisotopic (exact) mass is 310 g/mol. The van der Waals surface area contributed by atoms with Crippen LogP contribution < -0.4 is 0 Å². The second-order valence-corrected chi connectivity index (χ2v) is 6.73. The highest BCUT2D eigenvalue weighted by molar-refractivity contribution is 6.30. The molecule has 2 aliphatic rings. The molecular weight excluding hydrogens is 292 g/mol. The zero-order chi connectivity index (χ0) is 15.3. The van der Waals surface area contributed by atoms with Crippen molar-refractivity contribution in [1.29, 1.82) is 0 Å². The van der Waals surface area contributed by atoms with Crippen molar-refractivity contribution >= 4 is 17.4 Å². The van der Waals surface area contributed by atoms with Gasteiger partial charge in [-0.15, -0.1) is 0 Å². The number of rotatable bonds is 3. The average molecular weight is 311 g/mol. The average Bonchev–Trinajstić information content (AvgIpc) is 2.69. The van der Waals surface area contributed by atoms with Crippen LogP contribution in [0.5, 0.6) is 0 Å². The molecule has 0 spiro atoms. The van der Waals surface area contributed by atoms with Gasteiger partial charge in [0.15, 0.2) is 0 Å². The molecule has 2 fully saturated rings. The predicted octanol–water partition coefficient (Wildman–Crippen LogP) is 3.66. The van der Waals surface area contributed by atoms with Crippen molar-refractivity contribution < 1.29 is 19.3 Å². The van der Waals surface area contributed by atoms with Gasteiger partial charge in [-0.3, -0.25) is 4.79 Å². The van der Waals surface area contributed by atoms with Gasteiger partial charge in [0.05, 0.1) is 5.41 Å². The van der Waals surface area contributed by atoms with E-state index in [1.807, 2.05) is 31.2 Å². The molecule has 3 rings (SSSR count). The molecular formula is C16H19ClO4. The first-order valence-electron chi connectivity index (χ1n) is 7.11. The summed E-state index contributed by atoms with van der Waals surface area (Å²) < 4.78 is 5.95. The van der Waals surface area contributed by atoms with E-state index in [0.29, 0.717) is 24.3 Å². The van der Waals surface area contributed by atoms with Gasteiger partial charge in [0.25, 0.3) is 0 Å². The molecule has 21 heavy (non-hydrogen) atoms. The smallest absolute Gasteiger partial charge is 0.214 e. The number of ether oxygens (including phenoxy) is 1. The van der Waals surface area contributed by atoms with Crippen LogP contribution in [0.25, 0.3) is 0 Å². The molecule has 1 aromatic carbocycles. The van der Waals surface area contributed by atoms with E-state index < -0.39 is 17.0 Å². The highest BCUT2D eigenvalue weighted by atomic mass is 35.5. The topological polar surface area (TPSA) is 44.8 Å². The predicted molar refractivity (Wildman–Crippen MR) is 77.6 cm³/mol. The number of fused-ring (bicyclic) bond motifs is 2. The van der Waals surface area contributed by atoms with Gasteiger partial charge in [0, 0.05) is 11.4 Å². The van der Waals surface area contributed by atoms with E-state index in [0.717, 1.165) is 5.56 Å². The quantitative estimate of drug-likeness (QED) is 0.799. The maximum atomic E-state index is 12.4.